The fourth-order valence-corrected chi connectivity index (χ4v) is 3.80. The summed E-state index contributed by atoms with van der Waals surface area (Å²) in [6.45, 7) is 2.79. The second-order valence-corrected chi connectivity index (χ2v) is 8.52. The normalized spacial score (nSPS) is 13.9. The minimum Gasteiger partial charge on any atom is -0.465 e. The van der Waals surface area contributed by atoms with Crippen LogP contribution >= 0.6 is 0 Å². The van der Waals surface area contributed by atoms with Crippen LogP contribution in [0.3, 0.4) is 0 Å². The number of primary amides is 1. The molecule has 196 valence electrons. The molecule has 1 fully saturated rings. The summed E-state index contributed by atoms with van der Waals surface area (Å²) in [5.41, 5.74) is 5.70. The molecule has 1 aromatic heterocycles. The third kappa shape index (κ3) is 6.77. The van der Waals surface area contributed by atoms with Crippen molar-refractivity contribution < 1.29 is 27.9 Å². The number of hydrogen-bond acceptors (Lipinski definition) is 6. The number of nitrogens with two attached hydrogens (primary N) is 1. The average Bonchev–Trinajstić information content (AvgIpc) is 2.88. The zero-order valence-electron chi connectivity index (χ0n) is 20.0. The van der Waals surface area contributed by atoms with Crippen molar-refractivity contribution >= 4 is 23.6 Å². The van der Waals surface area contributed by atoms with E-state index in [-0.39, 0.29) is 11.5 Å². The number of anilines is 2. The Balaban J connectivity index is 1.48. The van der Waals surface area contributed by atoms with Gasteiger partial charge in [0.1, 0.15) is 11.3 Å². The first kappa shape index (κ1) is 26.4. The van der Waals surface area contributed by atoms with Crippen molar-refractivity contribution in [1.29, 1.82) is 0 Å². The van der Waals surface area contributed by atoms with E-state index in [0.29, 0.717) is 50.2 Å². The van der Waals surface area contributed by atoms with E-state index in [0.717, 1.165) is 5.56 Å². The first-order valence-corrected chi connectivity index (χ1v) is 11.5. The van der Waals surface area contributed by atoms with Crippen molar-refractivity contribution in [3.05, 3.63) is 82.7 Å². The Morgan fingerprint density at radius 2 is 1.76 bits per heavy atom. The van der Waals surface area contributed by atoms with Crippen molar-refractivity contribution in [3.63, 3.8) is 0 Å². The van der Waals surface area contributed by atoms with Crippen molar-refractivity contribution in [2.45, 2.75) is 12.7 Å². The second-order valence-electron chi connectivity index (χ2n) is 8.52. The van der Waals surface area contributed by atoms with Gasteiger partial charge < -0.3 is 21.1 Å². The molecule has 0 aliphatic carbocycles. The van der Waals surface area contributed by atoms with E-state index in [2.05, 4.69) is 32.0 Å². The van der Waals surface area contributed by atoms with Crippen LogP contribution in [-0.2, 0) is 12.7 Å². The Morgan fingerprint density at radius 1 is 1.05 bits per heavy atom. The number of nitrogens with zero attached hydrogens (tertiary/aromatic N) is 4. The van der Waals surface area contributed by atoms with E-state index in [1.54, 1.807) is 18.2 Å². The lowest BCUT2D eigenvalue weighted by atomic mass is 10.1. The van der Waals surface area contributed by atoms with E-state index in [4.69, 9.17) is 10.8 Å². The molecule has 0 spiro atoms. The average molecular weight is 525 g/mol. The van der Waals surface area contributed by atoms with E-state index in [1.165, 1.54) is 23.1 Å². The number of piperazine rings is 1. The Morgan fingerprint density at radius 3 is 2.39 bits per heavy atom. The molecule has 0 saturated carbocycles. The largest absolute Gasteiger partial charge is 0.465 e. The highest BCUT2D eigenvalue weighted by Gasteiger charge is 2.34. The fourth-order valence-electron chi connectivity index (χ4n) is 3.80. The highest BCUT2D eigenvalue weighted by molar-refractivity contribution is 5.93. The second kappa shape index (κ2) is 11.2. The van der Waals surface area contributed by atoms with Crippen LogP contribution in [0.2, 0.25) is 0 Å². The third-order valence-corrected chi connectivity index (χ3v) is 5.83. The molecule has 1 saturated heterocycles. The Hall–Kier alpha value is -4.63. The standard InChI is InChI=1S/C26H23F3N6O3/c27-26(28,29)21-15-31-24(33-22(21)9-6-17-2-1-3-19(14-17)23(30)36)32-20-7-4-18(5-8-20)16-34-10-12-35(13-11-34)25(37)38/h1-5,7-8,14-15H,10-13,16H2,(H2,30,36)(H,37,38)(H,31,32,33). The van der Waals surface area contributed by atoms with Crippen molar-refractivity contribution in [2.75, 3.05) is 31.5 Å². The lowest BCUT2D eigenvalue weighted by Gasteiger charge is -2.33. The molecule has 2 aromatic carbocycles. The van der Waals surface area contributed by atoms with E-state index >= 15 is 0 Å². The third-order valence-electron chi connectivity index (χ3n) is 5.83. The number of halogens is 3. The summed E-state index contributed by atoms with van der Waals surface area (Å²) in [5, 5.41) is 12.0. The summed E-state index contributed by atoms with van der Waals surface area (Å²) >= 11 is 0. The van der Waals surface area contributed by atoms with E-state index < -0.39 is 29.4 Å². The number of benzene rings is 2. The Labute approximate surface area is 216 Å². The minimum atomic E-state index is -4.71. The number of aromatic nitrogens is 2. The summed E-state index contributed by atoms with van der Waals surface area (Å²) < 4.78 is 40.6. The van der Waals surface area contributed by atoms with Gasteiger partial charge in [-0.25, -0.2) is 14.8 Å². The van der Waals surface area contributed by atoms with Crippen LogP contribution in [0.15, 0.2) is 54.7 Å². The maximum atomic E-state index is 13.5. The zero-order valence-corrected chi connectivity index (χ0v) is 20.0. The fraction of sp³-hybridized carbons (Fsp3) is 0.231. The molecule has 3 aromatic rings. The number of amides is 2. The molecule has 0 atom stereocenters. The Bertz CT molecular complexity index is 1390. The highest BCUT2D eigenvalue weighted by atomic mass is 19.4. The molecular formula is C26H23F3N6O3. The molecule has 38 heavy (non-hydrogen) atoms. The van der Waals surface area contributed by atoms with E-state index in [1.807, 2.05) is 12.1 Å². The number of alkyl halides is 3. The minimum absolute atomic E-state index is 0.0641. The lowest BCUT2D eigenvalue weighted by molar-refractivity contribution is -0.138. The van der Waals surface area contributed by atoms with Crippen LogP contribution < -0.4 is 11.1 Å². The number of nitrogens with one attached hydrogen (secondary N) is 1. The van der Waals surface area contributed by atoms with Gasteiger partial charge in [0.25, 0.3) is 0 Å². The molecule has 2 heterocycles. The van der Waals surface area contributed by atoms with Crippen molar-refractivity contribution in [1.82, 2.24) is 19.8 Å². The van der Waals surface area contributed by atoms with Crippen LogP contribution in [0.5, 0.6) is 0 Å². The van der Waals surface area contributed by atoms with Gasteiger partial charge in [0.05, 0.1) is 0 Å². The first-order valence-electron chi connectivity index (χ1n) is 11.5. The van der Waals surface area contributed by atoms with Crippen molar-refractivity contribution in [3.8, 4) is 11.8 Å². The van der Waals surface area contributed by atoms with Gasteiger partial charge in [-0.15, -0.1) is 0 Å². The molecular weight excluding hydrogens is 501 g/mol. The number of rotatable bonds is 5. The predicted molar refractivity (Wildman–Crippen MR) is 133 cm³/mol. The van der Waals surface area contributed by atoms with Gasteiger partial charge in [-0.3, -0.25) is 9.69 Å². The summed E-state index contributed by atoms with van der Waals surface area (Å²) in [5.74, 6) is 4.29. The van der Waals surface area contributed by atoms with Gasteiger partial charge >= 0.3 is 12.3 Å². The SMILES string of the molecule is NC(=O)c1cccc(C#Cc2nc(Nc3ccc(CN4CCN(C(=O)O)CC4)cc3)ncc2C(F)(F)F)c1. The number of carbonyl (C=O) groups is 2. The molecule has 1 aliphatic heterocycles. The van der Waals surface area contributed by atoms with Crippen LogP contribution in [0.1, 0.15) is 32.7 Å². The van der Waals surface area contributed by atoms with Crippen LogP contribution in [-0.4, -0.2) is 63.1 Å². The van der Waals surface area contributed by atoms with E-state index in [9.17, 15) is 22.8 Å². The lowest BCUT2D eigenvalue weighted by Crippen LogP contribution is -2.47. The monoisotopic (exact) mass is 524 g/mol. The highest BCUT2D eigenvalue weighted by Crippen LogP contribution is 2.31. The molecule has 12 heteroatoms. The molecule has 0 radical (unpaired) electrons. The Kier molecular flexibility index (Phi) is 7.78. The summed E-state index contributed by atoms with van der Waals surface area (Å²) in [4.78, 5) is 33.7. The molecule has 4 N–H and O–H groups in total. The topological polar surface area (TPSA) is 125 Å². The number of carbonyl (C=O) groups excluding carboxylic acids is 1. The molecule has 0 bridgehead atoms. The van der Waals surface area contributed by atoms with Gasteiger partial charge in [-0.1, -0.05) is 24.1 Å². The van der Waals surface area contributed by atoms with Gasteiger partial charge in [0.2, 0.25) is 11.9 Å². The molecule has 4 rings (SSSR count). The predicted octanol–water partition coefficient (Wildman–Crippen LogP) is 3.53. The molecule has 1 aliphatic rings. The summed E-state index contributed by atoms with van der Waals surface area (Å²) in [7, 11) is 0. The molecule has 0 unspecified atom stereocenters. The van der Waals surface area contributed by atoms with Crippen LogP contribution in [0.25, 0.3) is 0 Å². The molecule has 9 nitrogen and oxygen atoms in total. The first-order chi connectivity index (χ1) is 18.1. The van der Waals surface area contributed by atoms with Crippen molar-refractivity contribution in [2.24, 2.45) is 5.73 Å². The van der Waals surface area contributed by atoms with Gasteiger partial charge in [0, 0.05) is 55.7 Å². The number of hydrogen-bond donors (Lipinski definition) is 3. The van der Waals surface area contributed by atoms with Gasteiger partial charge in [-0.05, 0) is 41.8 Å². The maximum Gasteiger partial charge on any atom is 0.420 e. The van der Waals surface area contributed by atoms with Crippen LogP contribution in [0, 0.1) is 11.8 Å². The smallest absolute Gasteiger partial charge is 0.420 e. The maximum absolute atomic E-state index is 13.5. The quantitative estimate of drug-likeness (QED) is 0.436. The van der Waals surface area contributed by atoms with Gasteiger partial charge in [-0.2, -0.15) is 13.2 Å². The zero-order chi connectivity index (χ0) is 27.3. The summed E-state index contributed by atoms with van der Waals surface area (Å²) in [6.07, 6.45) is -4.96. The summed E-state index contributed by atoms with van der Waals surface area (Å²) in [6, 6.07) is 13.2. The molecule has 2 amide bonds. The number of carboxylic acid groups (broad SMARTS) is 1. The van der Waals surface area contributed by atoms with Crippen LogP contribution in [0.4, 0.5) is 29.6 Å². The van der Waals surface area contributed by atoms with Gasteiger partial charge in [0.15, 0.2) is 0 Å².